The minimum absolute atomic E-state index is 0.00877. The van der Waals surface area contributed by atoms with Crippen molar-refractivity contribution in [1.82, 2.24) is 23.5 Å². The number of carbonyl (C=O) groups is 4. The van der Waals surface area contributed by atoms with Gasteiger partial charge in [-0.25, -0.2) is 9.11 Å². The maximum Gasteiger partial charge on any atom is 0.307 e. The van der Waals surface area contributed by atoms with Gasteiger partial charge < -0.3 is 14.4 Å². The number of rotatable bonds is 9. The SMILES string of the molecule is Cc1cc(F)cc(-c2cccc3c2nc(O[C@@H]2C[C@H]4C(=O)C[C@]5(C(=O)NS(=O)(=O)N(C)C)C[C@@H]5/C=C\CCCCC[C@H](CC(=O)OC(C)(C)C)C(=O)N4C2)n3C(C)C)c1. The number of hydrogen-bond acceptors (Lipinski definition) is 9. The number of ketones is 1. The van der Waals surface area contributed by atoms with Gasteiger partial charge in [0, 0.05) is 44.5 Å². The van der Waals surface area contributed by atoms with E-state index < -0.39 is 56.9 Å². The van der Waals surface area contributed by atoms with Gasteiger partial charge in [0.15, 0.2) is 5.78 Å². The summed E-state index contributed by atoms with van der Waals surface area (Å²) in [7, 11) is -1.53. The monoisotopic (exact) mass is 835 g/mol. The summed E-state index contributed by atoms with van der Waals surface area (Å²) in [5.74, 6) is -3.56. The number of aryl methyl sites for hydroxylation is 1. The molecular weight excluding hydrogens is 778 g/mol. The predicted molar refractivity (Wildman–Crippen MR) is 222 cm³/mol. The van der Waals surface area contributed by atoms with Crippen LogP contribution in [0, 0.1) is 30.0 Å². The molecule has 1 N–H and O–H groups in total. The number of allylic oxidation sites excluding steroid dienone is 2. The summed E-state index contributed by atoms with van der Waals surface area (Å²) in [5, 5.41) is 0. The number of amides is 2. The summed E-state index contributed by atoms with van der Waals surface area (Å²) in [6.45, 7) is 11.1. The molecule has 1 aliphatic carbocycles. The highest BCUT2D eigenvalue weighted by Crippen LogP contribution is 2.57. The van der Waals surface area contributed by atoms with Gasteiger partial charge in [-0.1, -0.05) is 43.2 Å². The Labute approximate surface area is 346 Å². The van der Waals surface area contributed by atoms with Crippen LogP contribution in [-0.4, -0.2) is 89.1 Å². The van der Waals surface area contributed by atoms with Gasteiger partial charge in [0.2, 0.25) is 11.8 Å². The summed E-state index contributed by atoms with van der Waals surface area (Å²) in [6.07, 6.45) is 6.44. The average Bonchev–Trinajstić information content (AvgIpc) is 3.45. The Bertz CT molecular complexity index is 2230. The molecule has 1 aromatic heterocycles. The van der Waals surface area contributed by atoms with Gasteiger partial charge in [-0.2, -0.15) is 17.7 Å². The Morgan fingerprint density at radius 2 is 1.85 bits per heavy atom. The fourth-order valence-electron chi connectivity index (χ4n) is 8.47. The predicted octanol–water partition coefficient (Wildman–Crippen LogP) is 6.84. The van der Waals surface area contributed by atoms with Gasteiger partial charge in [0.25, 0.3) is 6.01 Å². The molecule has 3 aliphatic rings. The maximum atomic E-state index is 14.7. The minimum Gasteiger partial charge on any atom is -0.460 e. The van der Waals surface area contributed by atoms with E-state index in [9.17, 15) is 32.0 Å². The summed E-state index contributed by atoms with van der Waals surface area (Å²) in [5.41, 5.74) is 1.43. The van der Waals surface area contributed by atoms with Crippen molar-refractivity contribution in [1.29, 1.82) is 0 Å². The van der Waals surface area contributed by atoms with E-state index in [0.29, 0.717) is 30.3 Å². The first-order valence-corrected chi connectivity index (χ1v) is 22.0. The van der Waals surface area contributed by atoms with Crippen molar-refractivity contribution >= 4 is 44.8 Å². The third-order valence-corrected chi connectivity index (χ3v) is 12.9. The van der Waals surface area contributed by atoms with Crippen LogP contribution in [0.15, 0.2) is 48.6 Å². The number of benzene rings is 2. The van der Waals surface area contributed by atoms with Gasteiger partial charge in [-0.05, 0) is 102 Å². The number of fused-ring (bicyclic) bond motifs is 3. The summed E-state index contributed by atoms with van der Waals surface area (Å²) >= 11 is 0. The van der Waals surface area contributed by atoms with Crippen molar-refractivity contribution in [3.05, 3.63) is 59.9 Å². The van der Waals surface area contributed by atoms with Crippen LogP contribution in [0.25, 0.3) is 22.2 Å². The van der Waals surface area contributed by atoms with E-state index in [1.807, 2.05) is 61.8 Å². The molecule has 59 heavy (non-hydrogen) atoms. The minimum atomic E-state index is -4.15. The first-order valence-electron chi connectivity index (χ1n) is 20.6. The lowest BCUT2D eigenvalue weighted by molar-refractivity contribution is -0.159. The van der Waals surface area contributed by atoms with Crippen LogP contribution < -0.4 is 9.46 Å². The van der Waals surface area contributed by atoms with Crippen molar-refractivity contribution in [3.63, 3.8) is 0 Å². The number of carbonyl (C=O) groups excluding carboxylic acids is 4. The molecule has 5 atom stereocenters. The highest BCUT2D eigenvalue weighted by molar-refractivity contribution is 7.87. The number of imidazole rings is 1. The van der Waals surface area contributed by atoms with Crippen molar-refractivity contribution in [2.45, 2.75) is 123 Å². The van der Waals surface area contributed by atoms with Crippen LogP contribution in [0.2, 0.25) is 0 Å². The molecule has 1 saturated carbocycles. The van der Waals surface area contributed by atoms with Crippen LogP contribution in [0.5, 0.6) is 6.01 Å². The zero-order valence-corrected chi connectivity index (χ0v) is 36.2. The Balaban J connectivity index is 1.37. The van der Waals surface area contributed by atoms with Crippen molar-refractivity contribution in [2.24, 2.45) is 17.3 Å². The van der Waals surface area contributed by atoms with E-state index >= 15 is 0 Å². The summed E-state index contributed by atoms with van der Waals surface area (Å²) in [4.78, 5) is 62.9. The van der Waals surface area contributed by atoms with Crippen molar-refractivity contribution in [2.75, 3.05) is 20.6 Å². The first-order chi connectivity index (χ1) is 27.7. The topological polar surface area (TPSA) is 157 Å². The van der Waals surface area contributed by atoms with E-state index in [0.717, 1.165) is 33.8 Å². The zero-order valence-electron chi connectivity index (χ0n) is 35.4. The van der Waals surface area contributed by atoms with Gasteiger partial charge >= 0.3 is 16.2 Å². The molecule has 320 valence electrons. The Morgan fingerprint density at radius 3 is 2.53 bits per heavy atom. The number of halogens is 1. The smallest absolute Gasteiger partial charge is 0.307 e. The number of para-hydroxylation sites is 1. The number of hydrogen-bond donors (Lipinski definition) is 1. The molecular formula is C44H58FN5O8S. The van der Waals surface area contributed by atoms with E-state index in [1.54, 1.807) is 20.8 Å². The molecule has 6 rings (SSSR count). The Kier molecular flexibility index (Phi) is 12.8. The maximum absolute atomic E-state index is 14.7. The second kappa shape index (κ2) is 17.2. The molecule has 3 aromatic rings. The summed E-state index contributed by atoms with van der Waals surface area (Å²) < 4.78 is 57.5. The second-order valence-electron chi connectivity index (χ2n) is 17.9. The van der Waals surface area contributed by atoms with Crippen molar-refractivity contribution in [3.8, 4) is 17.1 Å². The third kappa shape index (κ3) is 9.88. The number of nitrogens with one attached hydrogen (secondary N) is 1. The lowest BCUT2D eigenvalue weighted by atomic mass is 9.90. The highest BCUT2D eigenvalue weighted by Gasteiger charge is 2.61. The number of Topliss-reactive ketones (excluding diaryl/α,β-unsaturated/α-hetero) is 1. The number of ether oxygens (including phenoxy) is 2. The second-order valence-corrected chi connectivity index (χ2v) is 19.8. The molecule has 0 bridgehead atoms. The lowest BCUT2D eigenvalue weighted by Crippen LogP contribution is -2.47. The van der Waals surface area contributed by atoms with E-state index in [1.165, 1.54) is 31.1 Å². The van der Waals surface area contributed by atoms with Crippen molar-refractivity contribution < 1.29 is 41.5 Å². The van der Waals surface area contributed by atoms with Gasteiger partial charge in [0.1, 0.15) is 23.0 Å². The normalized spacial score (nSPS) is 25.0. The molecule has 2 amide bonds. The molecule has 1 saturated heterocycles. The average molecular weight is 836 g/mol. The molecule has 0 unspecified atom stereocenters. The van der Waals surface area contributed by atoms with E-state index in [4.69, 9.17) is 14.5 Å². The molecule has 0 spiro atoms. The first kappa shape index (κ1) is 43.9. The molecule has 13 nitrogen and oxygen atoms in total. The van der Waals surface area contributed by atoms with Crippen LogP contribution in [0.3, 0.4) is 0 Å². The molecule has 15 heteroatoms. The quantitative estimate of drug-likeness (QED) is 0.180. The lowest BCUT2D eigenvalue weighted by Gasteiger charge is -2.29. The molecule has 2 aromatic carbocycles. The molecule has 2 aliphatic heterocycles. The number of aromatic nitrogens is 2. The van der Waals surface area contributed by atoms with Crippen LogP contribution in [0.1, 0.15) is 104 Å². The van der Waals surface area contributed by atoms with Crippen LogP contribution >= 0.6 is 0 Å². The van der Waals surface area contributed by atoms with Gasteiger partial charge in [-0.15, -0.1) is 0 Å². The van der Waals surface area contributed by atoms with E-state index in [2.05, 4.69) is 4.72 Å². The Hall–Kier alpha value is -4.63. The third-order valence-electron chi connectivity index (χ3n) is 11.5. The Morgan fingerprint density at radius 1 is 1.10 bits per heavy atom. The summed E-state index contributed by atoms with van der Waals surface area (Å²) in [6, 6.07) is 9.62. The fraction of sp³-hybridized carbons (Fsp3) is 0.568. The number of nitrogens with zero attached hydrogens (tertiary/aromatic N) is 4. The highest BCUT2D eigenvalue weighted by atomic mass is 32.2. The fourth-order valence-corrected chi connectivity index (χ4v) is 9.09. The zero-order chi connectivity index (χ0) is 43.0. The van der Waals surface area contributed by atoms with Gasteiger partial charge in [-0.3, -0.25) is 23.7 Å². The standard InChI is InChI=1S/C44H58FN5O8S/c1-27(2)50-35-18-14-17-34(30-19-28(3)20-32(45)21-30)39(35)46-42(50)57-33-23-36-37(51)25-44(41(54)47-59(55,56)48(7)8)24-31(44)16-13-11-9-10-12-15-29(40(53)49(36)26-33)22-38(52)58-43(4,5)6/h13-14,16-21,27,29,31,33,36H,9-12,15,22-26H2,1-8H3,(H,47,54)/b16-13-/t29-,31+,33-,36+,44-/m1/s1. The molecule has 0 radical (unpaired) electrons. The van der Waals surface area contributed by atoms with E-state index in [-0.39, 0.29) is 61.9 Å². The van der Waals surface area contributed by atoms with Crippen LogP contribution in [0.4, 0.5) is 4.39 Å². The molecule has 2 fully saturated rings. The molecule has 3 heterocycles. The number of esters is 1. The van der Waals surface area contributed by atoms with Gasteiger partial charge in [0.05, 0.1) is 29.9 Å². The van der Waals surface area contributed by atoms with Crippen LogP contribution in [-0.2, 0) is 34.1 Å². The largest absolute Gasteiger partial charge is 0.460 e.